The molecule has 0 amide bonds. The summed E-state index contributed by atoms with van der Waals surface area (Å²) < 4.78 is 1.90. The first-order chi connectivity index (χ1) is 9.70. The zero-order valence-corrected chi connectivity index (χ0v) is 12.2. The number of rotatable bonds is 5. The molecule has 1 aromatic heterocycles. The van der Waals surface area contributed by atoms with Crippen molar-refractivity contribution in [3.63, 3.8) is 0 Å². The standard InChI is InChI=1S/C14H18ClN5/c1-2-10(8-9-6-7-9)20-14(17-18-19-20)11-4-3-5-12(16)13(11)15/h3-5,9-10H,2,6-8,16H2,1H3. The number of nitrogen functional groups attached to an aromatic ring is 1. The fraction of sp³-hybridized carbons (Fsp3) is 0.500. The monoisotopic (exact) mass is 291 g/mol. The summed E-state index contributed by atoms with van der Waals surface area (Å²) >= 11 is 6.29. The van der Waals surface area contributed by atoms with Gasteiger partial charge in [-0.2, -0.15) is 0 Å². The third-order valence-electron chi connectivity index (χ3n) is 3.88. The normalized spacial score (nSPS) is 16.3. The van der Waals surface area contributed by atoms with Gasteiger partial charge in [-0.05, 0) is 41.3 Å². The van der Waals surface area contributed by atoms with E-state index in [-0.39, 0.29) is 0 Å². The third kappa shape index (κ3) is 2.50. The van der Waals surface area contributed by atoms with Gasteiger partial charge in [0.1, 0.15) is 0 Å². The summed E-state index contributed by atoms with van der Waals surface area (Å²) in [6.45, 7) is 2.17. The minimum atomic E-state index is 0.324. The van der Waals surface area contributed by atoms with Crippen LogP contribution in [0.1, 0.15) is 38.6 Å². The van der Waals surface area contributed by atoms with E-state index in [0.29, 0.717) is 22.6 Å². The molecule has 0 bridgehead atoms. The van der Waals surface area contributed by atoms with E-state index in [1.54, 1.807) is 6.07 Å². The first-order valence-corrected chi connectivity index (χ1v) is 7.40. The predicted octanol–water partition coefficient (Wildman–Crippen LogP) is 3.33. The Labute approximate surface area is 123 Å². The molecule has 6 heteroatoms. The van der Waals surface area contributed by atoms with Crippen LogP contribution in [0.25, 0.3) is 11.4 Å². The Kier molecular flexibility index (Phi) is 3.61. The average molecular weight is 292 g/mol. The van der Waals surface area contributed by atoms with Gasteiger partial charge in [0.15, 0.2) is 5.82 Å². The Morgan fingerprint density at radius 1 is 1.45 bits per heavy atom. The lowest BCUT2D eigenvalue weighted by Gasteiger charge is -2.16. The van der Waals surface area contributed by atoms with E-state index in [9.17, 15) is 0 Å². The van der Waals surface area contributed by atoms with E-state index >= 15 is 0 Å². The molecule has 1 aliphatic carbocycles. The zero-order valence-electron chi connectivity index (χ0n) is 11.5. The van der Waals surface area contributed by atoms with Crippen molar-refractivity contribution in [2.75, 3.05) is 5.73 Å². The molecule has 1 saturated carbocycles. The Hall–Kier alpha value is -1.62. The maximum atomic E-state index is 6.29. The lowest BCUT2D eigenvalue weighted by Crippen LogP contribution is -2.12. The van der Waals surface area contributed by atoms with Crippen molar-refractivity contribution in [2.45, 2.75) is 38.6 Å². The average Bonchev–Trinajstić information content (AvgIpc) is 3.14. The van der Waals surface area contributed by atoms with Crippen molar-refractivity contribution in [3.8, 4) is 11.4 Å². The first-order valence-electron chi connectivity index (χ1n) is 7.03. The molecule has 1 heterocycles. The van der Waals surface area contributed by atoms with Gasteiger partial charge in [0.05, 0.1) is 16.8 Å². The molecule has 0 aliphatic heterocycles. The van der Waals surface area contributed by atoms with E-state index < -0.39 is 0 Å². The second-order valence-electron chi connectivity index (χ2n) is 5.40. The summed E-state index contributed by atoms with van der Waals surface area (Å²) in [7, 11) is 0. The van der Waals surface area contributed by atoms with Crippen LogP contribution in [0.3, 0.4) is 0 Å². The van der Waals surface area contributed by atoms with Crippen LogP contribution in [-0.2, 0) is 0 Å². The zero-order chi connectivity index (χ0) is 14.1. The number of anilines is 1. The number of nitrogens with zero attached hydrogens (tertiary/aromatic N) is 4. The van der Waals surface area contributed by atoms with Crippen LogP contribution in [0.15, 0.2) is 18.2 Å². The van der Waals surface area contributed by atoms with E-state index in [4.69, 9.17) is 17.3 Å². The molecule has 0 spiro atoms. The molecule has 1 fully saturated rings. The highest BCUT2D eigenvalue weighted by Gasteiger charge is 2.28. The quantitative estimate of drug-likeness (QED) is 0.858. The van der Waals surface area contributed by atoms with Crippen LogP contribution >= 0.6 is 11.6 Å². The van der Waals surface area contributed by atoms with Crippen LogP contribution in [-0.4, -0.2) is 20.2 Å². The minimum absolute atomic E-state index is 0.324. The molecule has 2 aromatic rings. The molecule has 1 aromatic carbocycles. The lowest BCUT2D eigenvalue weighted by atomic mass is 10.1. The smallest absolute Gasteiger partial charge is 0.183 e. The summed E-state index contributed by atoms with van der Waals surface area (Å²) in [4.78, 5) is 0. The fourth-order valence-corrected chi connectivity index (χ4v) is 2.73. The summed E-state index contributed by atoms with van der Waals surface area (Å²) in [6.07, 6.45) is 4.79. The van der Waals surface area contributed by atoms with Crippen molar-refractivity contribution in [2.24, 2.45) is 5.92 Å². The first kappa shape index (κ1) is 13.4. The number of halogens is 1. The molecule has 1 atom stereocenters. The molecule has 106 valence electrons. The van der Waals surface area contributed by atoms with Gasteiger partial charge in [-0.15, -0.1) is 5.10 Å². The predicted molar refractivity (Wildman–Crippen MR) is 79.3 cm³/mol. The van der Waals surface area contributed by atoms with E-state index in [1.165, 1.54) is 12.8 Å². The Morgan fingerprint density at radius 2 is 2.25 bits per heavy atom. The van der Waals surface area contributed by atoms with Crippen molar-refractivity contribution in [1.82, 2.24) is 20.2 Å². The van der Waals surface area contributed by atoms with E-state index in [1.807, 2.05) is 16.8 Å². The largest absolute Gasteiger partial charge is 0.398 e. The highest BCUT2D eigenvalue weighted by molar-refractivity contribution is 6.35. The second-order valence-corrected chi connectivity index (χ2v) is 5.77. The molecule has 1 unspecified atom stereocenters. The van der Waals surface area contributed by atoms with Gasteiger partial charge in [-0.1, -0.05) is 37.4 Å². The van der Waals surface area contributed by atoms with Crippen LogP contribution < -0.4 is 5.73 Å². The van der Waals surface area contributed by atoms with Crippen LogP contribution in [0.5, 0.6) is 0 Å². The number of benzene rings is 1. The van der Waals surface area contributed by atoms with Crippen LogP contribution in [0.2, 0.25) is 5.02 Å². The molecule has 0 radical (unpaired) electrons. The van der Waals surface area contributed by atoms with Crippen LogP contribution in [0.4, 0.5) is 5.69 Å². The fourth-order valence-electron chi connectivity index (χ4n) is 2.52. The lowest BCUT2D eigenvalue weighted by molar-refractivity contribution is 0.388. The van der Waals surface area contributed by atoms with Crippen molar-refractivity contribution < 1.29 is 0 Å². The molecule has 3 rings (SSSR count). The summed E-state index contributed by atoms with van der Waals surface area (Å²) in [5, 5.41) is 12.7. The number of hydrogen-bond donors (Lipinski definition) is 1. The Balaban J connectivity index is 1.98. The van der Waals surface area contributed by atoms with Gasteiger partial charge in [0.2, 0.25) is 0 Å². The number of tetrazole rings is 1. The molecular formula is C14H18ClN5. The topological polar surface area (TPSA) is 69.6 Å². The SMILES string of the molecule is CCC(CC1CC1)n1nnnc1-c1cccc(N)c1Cl. The maximum Gasteiger partial charge on any atom is 0.183 e. The minimum Gasteiger partial charge on any atom is -0.398 e. The van der Waals surface area contributed by atoms with Gasteiger partial charge in [0, 0.05) is 5.56 Å². The van der Waals surface area contributed by atoms with Gasteiger partial charge in [-0.3, -0.25) is 0 Å². The molecule has 0 saturated heterocycles. The number of hydrogen-bond acceptors (Lipinski definition) is 4. The second kappa shape index (κ2) is 5.40. The Morgan fingerprint density at radius 3 is 2.95 bits per heavy atom. The van der Waals surface area contributed by atoms with Gasteiger partial charge in [0.25, 0.3) is 0 Å². The van der Waals surface area contributed by atoms with Gasteiger partial charge >= 0.3 is 0 Å². The van der Waals surface area contributed by atoms with Crippen molar-refractivity contribution in [1.29, 1.82) is 0 Å². The molecule has 20 heavy (non-hydrogen) atoms. The maximum absolute atomic E-state index is 6.29. The number of nitrogens with two attached hydrogens (primary N) is 1. The summed E-state index contributed by atoms with van der Waals surface area (Å²) in [5.74, 6) is 1.53. The summed E-state index contributed by atoms with van der Waals surface area (Å²) in [5.41, 5.74) is 7.21. The molecule has 5 nitrogen and oxygen atoms in total. The summed E-state index contributed by atoms with van der Waals surface area (Å²) in [6, 6.07) is 5.88. The molecular weight excluding hydrogens is 274 g/mol. The van der Waals surface area contributed by atoms with Crippen molar-refractivity contribution in [3.05, 3.63) is 23.2 Å². The van der Waals surface area contributed by atoms with E-state index in [0.717, 1.165) is 24.3 Å². The van der Waals surface area contributed by atoms with Gasteiger partial charge < -0.3 is 5.73 Å². The highest BCUT2D eigenvalue weighted by atomic mass is 35.5. The van der Waals surface area contributed by atoms with Crippen molar-refractivity contribution >= 4 is 17.3 Å². The number of aromatic nitrogens is 4. The van der Waals surface area contributed by atoms with Crippen LogP contribution in [0, 0.1) is 5.92 Å². The van der Waals surface area contributed by atoms with Gasteiger partial charge in [-0.25, -0.2) is 4.68 Å². The highest BCUT2D eigenvalue weighted by Crippen LogP contribution is 2.39. The third-order valence-corrected chi connectivity index (χ3v) is 4.30. The molecule has 1 aliphatic rings. The Bertz CT molecular complexity index is 605. The van der Waals surface area contributed by atoms with E-state index in [2.05, 4.69) is 22.4 Å². The molecule has 2 N–H and O–H groups in total.